The molecule has 0 heterocycles. The molecule has 0 spiro atoms. The third-order valence-corrected chi connectivity index (χ3v) is 12.3. The van der Waals surface area contributed by atoms with Gasteiger partial charge in [-0.2, -0.15) is 0 Å². The van der Waals surface area contributed by atoms with Gasteiger partial charge in [0.15, 0.2) is 18.0 Å². The zero-order chi connectivity index (χ0) is 40.1. The van der Waals surface area contributed by atoms with Crippen LogP contribution in [-0.4, -0.2) is 73.9 Å². The maximum atomic E-state index is 13.9. The standard InChI is InChI=1S/C28H37ClO7.C6H14.2C3H6O2/c1-6-23(33)35-15-22(32)28(36-24(34)7-2)16(3)12-20-19-9-8-17-13-18(30)10-11-25(17,4)27(19,29)21(31)14-26(20,28)5;1-3-5-6-4-2;2*1-2-3(4)5/h10-11,13,16,19-21,31H,6-9,12,14-15H2,1-5H3;3-6H2,1-2H3;2*2H2,1H3,(H,4,5)/t16-,19-,20-,21-,25-,26-,27?,28-;;;/m0.../s1. The molecule has 11 nitrogen and oxygen atoms in total. The van der Waals surface area contributed by atoms with Crippen molar-refractivity contribution in [2.75, 3.05) is 6.61 Å². The second kappa shape index (κ2) is 20.4. The van der Waals surface area contributed by atoms with Crippen molar-refractivity contribution in [3.8, 4) is 0 Å². The Hall–Kier alpha value is -3.05. The number of rotatable bonds is 11. The Bertz CT molecular complexity index is 1320. The van der Waals surface area contributed by atoms with Crippen LogP contribution in [0.1, 0.15) is 139 Å². The first kappa shape index (κ1) is 47.0. The molecule has 0 aromatic rings. The molecular weight excluding hydrogens is 692 g/mol. The fourth-order valence-electron chi connectivity index (χ4n) is 8.51. The third kappa shape index (κ3) is 9.92. The monoisotopic (exact) mass is 754 g/mol. The number of aliphatic carboxylic acids is 2. The summed E-state index contributed by atoms with van der Waals surface area (Å²) in [5.41, 5.74) is -2.27. The Morgan fingerprint density at radius 2 is 1.38 bits per heavy atom. The Morgan fingerprint density at radius 1 is 0.865 bits per heavy atom. The molecule has 0 aromatic carbocycles. The summed E-state index contributed by atoms with van der Waals surface area (Å²) in [7, 11) is 0. The Morgan fingerprint density at radius 3 is 1.85 bits per heavy atom. The van der Waals surface area contributed by atoms with Crippen LogP contribution in [0.4, 0.5) is 0 Å². The van der Waals surface area contributed by atoms with Gasteiger partial charge in [-0.15, -0.1) is 11.6 Å². The van der Waals surface area contributed by atoms with Crippen LogP contribution in [0.25, 0.3) is 0 Å². The van der Waals surface area contributed by atoms with Gasteiger partial charge in [-0.1, -0.05) is 99.6 Å². The van der Waals surface area contributed by atoms with Gasteiger partial charge in [0.1, 0.15) is 0 Å². The summed E-state index contributed by atoms with van der Waals surface area (Å²) >= 11 is 7.48. The van der Waals surface area contributed by atoms with E-state index in [1.165, 1.54) is 31.8 Å². The van der Waals surface area contributed by atoms with E-state index in [4.69, 9.17) is 31.3 Å². The van der Waals surface area contributed by atoms with E-state index in [1.807, 2.05) is 26.8 Å². The lowest BCUT2D eigenvalue weighted by Crippen LogP contribution is -2.69. The highest BCUT2D eigenvalue weighted by Crippen LogP contribution is 2.72. The molecule has 0 aromatic heterocycles. The highest BCUT2D eigenvalue weighted by molar-refractivity contribution is 6.26. The fourth-order valence-corrected chi connectivity index (χ4v) is 9.03. The first-order chi connectivity index (χ1) is 24.3. The summed E-state index contributed by atoms with van der Waals surface area (Å²) in [5.74, 6) is -3.73. The normalized spacial score (nSPS) is 32.3. The van der Waals surface area contributed by atoms with Crippen LogP contribution in [0.3, 0.4) is 0 Å². The molecule has 3 saturated carbocycles. The van der Waals surface area contributed by atoms with Crippen LogP contribution >= 0.6 is 11.6 Å². The van der Waals surface area contributed by atoms with Crippen molar-refractivity contribution in [2.24, 2.45) is 28.6 Å². The molecule has 3 fully saturated rings. The largest absolute Gasteiger partial charge is 0.481 e. The van der Waals surface area contributed by atoms with Gasteiger partial charge in [-0.05, 0) is 49.7 Å². The number of carboxylic acids is 2. The van der Waals surface area contributed by atoms with E-state index in [0.717, 1.165) is 5.57 Å². The molecule has 12 heteroatoms. The molecule has 0 bridgehead atoms. The Balaban J connectivity index is 0.000000706. The number of hydrogen-bond donors (Lipinski definition) is 3. The smallest absolute Gasteiger partial charge is 0.306 e. The fraction of sp³-hybridized carbons (Fsp3) is 0.750. The number of fused-ring (bicyclic) bond motifs is 5. The van der Waals surface area contributed by atoms with E-state index < -0.39 is 63.7 Å². The molecule has 8 atom stereocenters. The van der Waals surface area contributed by atoms with Crippen molar-refractivity contribution in [2.45, 2.75) is 156 Å². The van der Waals surface area contributed by atoms with Crippen molar-refractivity contribution >= 4 is 47.0 Å². The average molecular weight is 755 g/mol. The number of hydrogen-bond acceptors (Lipinski definition) is 9. The average Bonchev–Trinajstić information content (AvgIpc) is 3.33. The van der Waals surface area contributed by atoms with Gasteiger partial charge in [0.25, 0.3) is 0 Å². The highest BCUT2D eigenvalue weighted by Gasteiger charge is 2.76. The summed E-state index contributed by atoms with van der Waals surface area (Å²) in [5, 5.41) is 27.2. The SMILES string of the molecule is CCC(=O)O.CCC(=O)O.CCC(=O)OCC(=O)[C@@]1(OC(=O)CC)[C@@H](C)C[C@H]2[C@@H]3CCC4=CC(=O)C=C[C@]4(C)C3(Cl)[C@@H](O)C[C@@]21C.CCCCCC. The number of ketones is 2. The number of alkyl halides is 1. The lowest BCUT2D eigenvalue weighted by Gasteiger charge is -2.64. The second-order valence-corrected chi connectivity index (χ2v) is 15.2. The quantitative estimate of drug-likeness (QED) is 0.107. The highest BCUT2D eigenvalue weighted by atomic mass is 35.5. The first-order valence-corrected chi connectivity index (χ1v) is 19.3. The number of carbonyl (C=O) groups excluding carboxylic acids is 4. The summed E-state index contributed by atoms with van der Waals surface area (Å²) in [6, 6.07) is 0. The van der Waals surface area contributed by atoms with E-state index in [9.17, 15) is 33.9 Å². The molecule has 4 aliphatic carbocycles. The number of esters is 2. The number of carbonyl (C=O) groups is 6. The van der Waals surface area contributed by atoms with Gasteiger partial charge in [-0.3, -0.25) is 28.8 Å². The van der Waals surface area contributed by atoms with E-state index in [1.54, 1.807) is 33.8 Å². The molecule has 0 saturated heterocycles. The van der Waals surface area contributed by atoms with Gasteiger partial charge in [0, 0.05) is 42.4 Å². The predicted octanol–water partition coefficient (Wildman–Crippen LogP) is 7.64. The molecule has 4 aliphatic rings. The molecule has 0 amide bonds. The number of aliphatic hydroxyl groups excluding tert-OH is 1. The van der Waals surface area contributed by atoms with E-state index >= 15 is 0 Å². The number of carboxylic acid groups (broad SMARTS) is 2. The molecule has 4 rings (SSSR count). The van der Waals surface area contributed by atoms with Crippen LogP contribution in [-0.2, 0) is 38.2 Å². The maximum Gasteiger partial charge on any atom is 0.306 e. The van der Waals surface area contributed by atoms with Crippen molar-refractivity contribution in [1.82, 2.24) is 0 Å². The van der Waals surface area contributed by atoms with Gasteiger partial charge in [0.05, 0.1) is 11.0 Å². The molecule has 3 N–H and O–H groups in total. The number of aliphatic hydroxyl groups is 1. The van der Waals surface area contributed by atoms with E-state index in [0.29, 0.717) is 19.3 Å². The van der Waals surface area contributed by atoms with Crippen molar-refractivity contribution in [3.05, 3.63) is 23.8 Å². The number of Topliss-reactive ketones (excluding diaryl/α,β-unsaturated/α-hetero) is 1. The molecular formula is C40H63ClO11. The van der Waals surface area contributed by atoms with E-state index in [2.05, 4.69) is 13.8 Å². The summed E-state index contributed by atoms with van der Waals surface area (Å²) in [4.78, 5) is 68.2. The van der Waals surface area contributed by atoms with Gasteiger partial charge < -0.3 is 24.8 Å². The minimum Gasteiger partial charge on any atom is -0.481 e. The first-order valence-electron chi connectivity index (χ1n) is 18.9. The lowest BCUT2D eigenvalue weighted by atomic mass is 9.45. The Labute approximate surface area is 314 Å². The van der Waals surface area contributed by atoms with Crippen LogP contribution in [0.5, 0.6) is 0 Å². The zero-order valence-electron chi connectivity index (χ0n) is 32.7. The number of allylic oxidation sites excluding steroid dienone is 4. The molecule has 1 unspecified atom stereocenters. The maximum absolute atomic E-state index is 13.9. The van der Waals surface area contributed by atoms with Crippen molar-refractivity contribution in [1.29, 1.82) is 0 Å². The molecule has 0 radical (unpaired) electrons. The molecule has 52 heavy (non-hydrogen) atoms. The lowest BCUT2D eigenvalue weighted by molar-refractivity contribution is -0.203. The third-order valence-electron chi connectivity index (χ3n) is 11.4. The Kier molecular flexibility index (Phi) is 18.4. The van der Waals surface area contributed by atoms with E-state index in [-0.39, 0.29) is 55.6 Å². The van der Waals surface area contributed by atoms with Gasteiger partial charge in [-0.25, -0.2) is 0 Å². The summed E-state index contributed by atoms with van der Waals surface area (Å²) in [6.45, 7) is 16.3. The topological polar surface area (TPSA) is 182 Å². The number of unbranched alkanes of at least 4 members (excludes halogenated alkanes) is 3. The molecule has 0 aliphatic heterocycles. The van der Waals surface area contributed by atoms with Crippen LogP contribution in [0.15, 0.2) is 23.8 Å². The number of ether oxygens (including phenoxy) is 2. The van der Waals surface area contributed by atoms with Gasteiger partial charge >= 0.3 is 23.9 Å². The summed E-state index contributed by atoms with van der Waals surface area (Å²) in [6.07, 6.45) is 12.2. The second-order valence-electron chi connectivity index (χ2n) is 14.6. The minimum absolute atomic E-state index is 0.0801. The minimum atomic E-state index is -1.55. The van der Waals surface area contributed by atoms with Crippen LogP contribution in [0.2, 0.25) is 0 Å². The zero-order valence-corrected chi connectivity index (χ0v) is 33.5. The van der Waals surface area contributed by atoms with Crippen molar-refractivity contribution < 1.29 is 53.6 Å². The van der Waals surface area contributed by atoms with Crippen LogP contribution in [0, 0.1) is 28.6 Å². The van der Waals surface area contributed by atoms with Crippen molar-refractivity contribution in [3.63, 3.8) is 0 Å². The molecule has 296 valence electrons. The predicted molar refractivity (Wildman–Crippen MR) is 199 cm³/mol. The van der Waals surface area contributed by atoms with Gasteiger partial charge in [0.2, 0.25) is 5.78 Å². The number of halogens is 1. The van der Waals surface area contributed by atoms with Crippen LogP contribution < -0.4 is 0 Å². The summed E-state index contributed by atoms with van der Waals surface area (Å²) < 4.78 is 11.3.